The molecule has 80 valence electrons. The fourth-order valence-corrected chi connectivity index (χ4v) is 1.50. The maximum atomic E-state index is 10.6. The van der Waals surface area contributed by atoms with E-state index in [0.717, 1.165) is 16.7 Å². The van der Waals surface area contributed by atoms with Crippen LogP contribution in [0.1, 0.15) is 24.5 Å². The predicted octanol–water partition coefficient (Wildman–Crippen LogP) is 3.53. The minimum Gasteiger partial charge on any atom is -0.478 e. The third kappa shape index (κ3) is 3.10. The number of aliphatic carboxylic acids is 1. The minimum absolute atomic E-state index is 0.688. The number of allylic oxidation sites excluding steroid dienone is 1. The van der Waals surface area contributed by atoms with Crippen LogP contribution in [-0.2, 0) is 4.79 Å². The minimum atomic E-state index is -0.917. The highest BCUT2D eigenvalue weighted by atomic mass is 35.5. The number of hydrogen-bond acceptors (Lipinski definition) is 1. The van der Waals surface area contributed by atoms with Crippen LogP contribution < -0.4 is 0 Å². The normalized spacial score (nSPS) is 11.5. The summed E-state index contributed by atoms with van der Waals surface area (Å²) >= 11 is 5.90. The van der Waals surface area contributed by atoms with Gasteiger partial charge in [0.15, 0.2) is 0 Å². The van der Waals surface area contributed by atoms with Crippen molar-refractivity contribution < 1.29 is 9.90 Å². The second-order valence-corrected chi connectivity index (χ2v) is 3.73. The van der Waals surface area contributed by atoms with Gasteiger partial charge in [-0.15, -0.1) is 0 Å². The van der Waals surface area contributed by atoms with Gasteiger partial charge in [-0.05, 0) is 36.1 Å². The fraction of sp³-hybridized carbons (Fsp3) is 0.250. The Morgan fingerprint density at radius 3 is 2.67 bits per heavy atom. The summed E-state index contributed by atoms with van der Waals surface area (Å²) in [4.78, 5) is 10.6. The summed E-state index contributed by atoms with van der Waals surface area (Å²) in [6, 6.07) is 5.53. The molecule has 3 heteroatoms. The van der Waals surface area contributed by atoms with E-state index in [2.05, 4.69) is 0 Å². The van der Waals surface area contributed by atoms with Crippen LogP contribution in [0, 0.1) is 6.92 Å². The molecule has 0 aliphatic rings. The monoisotopic (exact) mass is 224 g/mol. The van der Waals surface area contributed by atoms with E-state index in [-0.39, 0.29) is 0 Å². The Morgan fingerprint density at radius 1 is 1.53 bits per heavy atom. The molecule has 1 aromatic carbocycles. The van der Waals surface area contributed by atoms with E-state index < -0.39 is 5.97 Å². The molecule has 0 bridgehead atoms. The molecule has 1 rings (SSSR count). The summed E-state index contributed by atoms with van der Waals surface area (Å²) in [5.74, 6) is -0.917. The van der Waals surface area contributed by atoms with Crippen LogP contribution in [0.5, 0.6) is 0 Å². The first-order chi connectivity index (χ1) is 7.04. The molecule has 0 spiro atoms. The molecule has 0 aliphatic carbocycles. The number of carbonyl (C=O) groups is 1. The first kappa shape index (κ1) is 11.8. The van der Waals surface area contributed by atoms with E-state index in [4.69, 9.17) is 16.7 Å². The number of rotatable bonds is 3. The largest absolute Gasteiger partial charge is 0.478 e. The fourth-order valence-electron chi connectivity index (χ4n) is 1.38. The second-order valence-electron chi connectivity index (χ2n) is 3.33. The van der Waals surface area contributed by atoms with Crippen LogP contribution in [0.15, 0.2) is 24.3 Å². The molecule has 0 saturated carbocycles. The molecule has 0 unspecified atom stereocenters. The Balaban J connectivity index is 3.14. The summed E-state index contributed by atoms with van der Waals surface area (Å²) in [5.41, 5.74) is 2.68. The zero-order chi connectivity index (χ0) is 11.4. The molecule has 2 nitrogen and oxygen atoms in total. The SMILES string of the molecule is CC/C(=C\C(=O)O)c1ccc(Cl)c(C)c1. The van der Waals surface area contributed by atoms with E-state index in [1.807, 2.05) is 26.0 Å². The molecule has 15 heavy (non-hydrogen) atoms. The smallest absolute Gasteiger partial charge is 0.328 e. The van der Waals surface area contributed by atoms with Crippen LogP contribution in [0.25, 0.3) is 5.57 Å². The van der Waals surface area contributed by atoms with Gasteiger partial charge in [0.1, 0.15) is 0 Å². The molecule has 0 atom stereocenters. The number of carboxylic acid groups (broad SMARTS) is 1. The van der Waals surface area contributed by atoms with Crippen molar-refractivity contribution in [1.29, 1.82) is 0 Å². The summed E-state index contributed by atoms with van der Waals surface area (Å²) in [6.45, 7) is 3.83. The quantitative estimate of drug-likeness (QED) is 0.798. The van der Waals surface area contributed by atoms with Crippen molar-refractivity contribution in [2.24, 2.45) is 0 Å². The summed E-state index contributed by atoms with van der Waals surface area (Å²) in [7, 11) is 0. The van der Waals surface area contributed by atoms with Crippen LogP contribution in [0.3, 0.4) is 0 Å². The molecule has 0 heterocycles. The lowest BCUT2D eigenvalue weighted by Gasteiger charge is -2.06. The number of benzene rings is 1. The van der Waals surface area contributed by atoms with Crippen molar-refractivity contribution in [3.63, 3.8) is 0 Å². The molecule has 0 aliphatic heterocycles. The van der Waals surface area contributed by atoms with Crippen LogP contribution in [0.4, 0.5) is 0 Å². The Bertz CT molecular complexity index is 408. The van der Waals surface area contributed by atoms with Crippen LogP contribution >= 0.6 is 11.6 Å². The van der Waals surface area contributed by atoms with E-state index in [9.17, 15) is 4.79 Å². The topological polar surface area (TPSA) is 37.3 Å². The van der Waals surface area contributed by atoms with E-state index in [0.29, 0.717) is 11.4 Å². The van der Waals surface area contributed by atoms with E-state index >= 15 is 0 Å². The lowest BCUT2D eigenvalue weighted by atomic mass is 10.0. The summed E-state index contributed by atoms with van der Waals surface area (Å²) in [5, 5.41) is 9.40. The summed E-state index contributed by atoms with van der Waals surface area (Å²) < 4.78 is 0. The lowest BCUT2D eigenvalue weighted by molar-refractivity contribution is -0.131. The molecular weight excluding hydrogens is 212 g/mol. The Morgan fingerprint density at radius 2 is 2.20 bits per heavy atom. The average Bonchev–Trinajstić information content (AvgIpc) is 2.18. The van der Waals surface area contributed by atoms with Gasteiger partial charge in [-0.2, -0.15) is 0 Å². The van der Waals surface area contributed by atoms with Gasteiger partial charge in [0.25, 0.3) is 0 Å². The maximum absolute atomic E-state index is 10.6. The first-order valence-electron chi connectivity index (χ1n) is 4.74. The van der Waals surface area contributed by atoms with Gasteiger partial charge in [-0.1, -0.05) is 30.7 Å². The van der Waals surface area contributed by atoms with Crippen molar-refractivity contribution >= 4 is 23.1 Å². The van der Waals surface area contributed by atoms with Crippen LogP contribution in [-0.4, -0.2) is 11.1 Å². The highest BCUT2D eigenvalue weighted by molar-refractivity contribution is 6.31. The molecule has 1 N–H and O–H groups in total. The van der Waals surface area contributed by atoms with Gasteiger partial charge in [0, 0.05) is 11.1 Å². The van der Waals surface area contributed by atoms with E-state index in [1.165, 1.54) is 6.08 Å². The van der Waals surface area contributed by atoms with E-state index in [1.54, 1.807) is 6.07 Å². The molecule has 0 fully saturated rings. The van der Waals surface area contributed by atoms with Crippen molar-refractivity contribution in [3.05, 3.63) is 40.4 Å². The molecular formula is C12H13ClO2. The zero-order valence-electron chi connectivity index (χ0n) is 8.75. The Labute approximate surface area is 94.2 Å². The maximum Gasteiger partial charge on any atom is 0.328 e. The molecule has 1 aromatic rings. The standard InChI is InChI=1S/C12H13ClO2/c1-3-9(7-12(14)15)10-4-5-11(13)8(2)6-10/h4-7H,3H2,1-2H3,(H,14,15)/b9-7+. The van der Waals surface area contributed by atoms with Crippen LogP contribution in [0.2, 0.25) is 5.02 Å². The Hall–Kier alpha value is -1.28. The van der Waals surface area contributed by atoms with Gasteiger partial charge in [0.05, 0.1) is 0 Å². The first-order valence-corrected chi connectivity index (χ1v) is 5.12. The van der Waals surface area contributed by atoms with Crippen molar-refractivity contribution in [2.45, 2.75) is 20.3 Å². The van der Waals surface area contributed by atoms with Gasteiger partial charge >= 0.3 is 5.97 Å². The van der Waals surface area contributed by atoms with Gasteiger partial charge in [-0.25, -0.2) is 4.79 Å². The van der Waals surface area contributed by atoms with Crippen molar-refractivity contribution in [1.82, 2.24) is 0 Å². The highest BCUT2D eigenvalue weighted by Gasteiger charge is 2.03. The zero-order valence-corrected chi connectivity index (χ0v) is 9.51. The molecule has 0 amide bonds. The number of aryl methyl sites for hydroxylation is 1. The van der Waals surface area contributed by atoms with Gasteiger partial charge < -0.3 is 5.11 Å². The third-order valence-corrected chi connectivity index (χ3v) is 2.63. The Kier molecular flexibility index (Phi) is 3.92. The molecule has 0 radical (unpaired) electrons. The molecule has 0 aromatic heterocycles. The van der Waals surface area contributed by atoms with Crippen molar-refractivity contribution in [3.8, 4) is 0 Å². The average molecular weight is 225 g/mol. The predicted molar refractivity (Wildman–Crippen MR) is 62.1 cm³/mol. The van der Waals surface area contributed by atoms with Gasteiger partial charge in [-0.3, -0.25) is 0 Å². The number of hydrogen-bond donors (Lipinski definition) is 1. The van der Waals surface area contributed by atoms with Crippen molar-refractivity contribution in [2.75, 3.05) is 0 Å². The molecule has 0 saturated heterocycles. The summed E-state index contributed by atoms with van der Waals surface area (Å²) in [6.07, 6.45) is 1.93. The highest BCUT2D eigenvalue weighted by Crippen LogP contribution is 2.23. The lowest BCUT2D eigenvalue weighted by Crippen LogP contribution is -1.92. The number of halogens is 1. The van der Waals surface area contributed by atoms with Gasteiger partial charge in [0.2, 0.25) is 0 Å². The number of carboxylic acids is 1. The third-order valence-electron chi connectivity index (χ3n) is 2.21. The second kappa shape index (κ2) is 4.99.